The highest BCUT2D eigenvalue weighted by atomic mass is 32.2. The molecule has 0 saturated carbocycles. The monoisotopic (exact) mass is 360 g/mol. The minimum atomic E-state index is -0.509. The van der Waals surface area contributed by atoms with E-state index in [0.29, 0.717) is 4.90 Å². The van der Waals surface area contributed by atoms with Crippen molar-refractivity contribution in [3.8, 4) is 0 Å². The first-order valence-corrected chi connectivity index (χ1v) is 8.81. The first-order chi connectivity index (χ1) is 11.9. The summed E-state index contributed by atoms with van der Waals surface area (Å²) in [6.45, 7) is 5.37. The molecule has 1 unspecified atom stereocenters. The van der Waals surface area contributed by atoms with E-state index in [4.69, 9.17) is 0 Å². The van der Waals surface area contributed by atoms with Gasteiger partial charge in [-0.2, -0.15) is 0 Å². The number of para-hydroxylation sites is 1. The van der Waals surface area contributed by atoms with Gasteiger partial charge in [-0.1, -0.05) is 30.3 Å². The highest BCUT2D eigenvalue weighted by Gasteiger charge is 2.17. The maximum absolute atomic E-state index is 13.6. The van der Waals surface area contributed by atoms with Gasteiger partial charge in [-0.15, -0.1) is 11.8 Å². The van der Waals surface area contributed by atoms with Crippen LogP contribution < -0.4 is 10.6 Å². The summed E-state index contributed by atoms with van der Waals surface area (Å²) in [5.41, 5.74) is 2.68. The molecule has 0 aliphatic carbocycles. The normalized spacial score (nSPS) is 11.7. The number of halogens is 1. The smallest absolute Gasteiger partial charge is 0.243 e. The number of nitrogens with one attached hydrogen (secondary N) is 2. The number of anilines is 1. The fourth-order valence-corrected chi connectivity index (χ4v) is 3.20. The Kier molecular flexibility index (Phi) is 6.58. The van der Waals surface area contributed by atoms with E-state index in [9.17, 15) is 14.0 Å². The molecule has 2 rings (SSSR count). The summed E-state index contributed by atoms with van der Waals surface area (Å²) < 4.78 is 13.6. The quantitative estimate of drug-likeness (QED) is 0.773. The number of thioether (sulfide) groups is 1. The molecule has 2 aromatic rings. The molecule has 0 aromatic heterocycles. The maximum atomic E-state index is 13.6. The van der Waals surface area contributed by atoms with E-state index in [2.05, 4.69) is 10.6 Å². The van der Waals surface area contributed by atoms with Crippen LogP contribution in [0.1, 0.15) is 18.1 Å². The van der Waals surface area contributed by atoms with Gasteiger partial charge in [-0.3, -0.25) is 9.59 Å². The lowest BCUT2D eigenvalue weighted by Gasteiger charge is -2.14. The topological polar surface area (TPSA) is 58.2 Å². The Labute approximate surface area is 151 Å². The zero-order chi connectivity index (χ0) is 18.4. The molecule has 25 heavy (non-hydrogen) atoms. The molecular formula is C19H21FN2O2S. The van der Waals surface area contributed by atoms with E-state index in [1.54, 1.807) is 25.1 Å². The van der Waals surface area contributed by atoms with Gasteiger partial charge in [-0.05, 0) is 44.0 Å². The predicted molar refractivity (Wildman–Crippen MR) is 99.3 cm³/mol. The predicted octanol–water partition coefficient (Wildman–Crippen LogP) is 3.68. The van der Waals surface area contributed by atoms with E-state index >= 15 is 0 Å². The lowest BCUT2D eigenvalue weighted by molar-refractivity contribution is -0.123. The van der Waals surface area contributed by atoms with Crippen molar-refractivity contribution < 1.29 is 14.0 Å². The SMILES string of the molecule is Cc1cccc(C)c1NC(=O)CNC(=O)C(C)Sc1ccccc1F. The summed E-state index contributed by atoms with van der Waals surface area (Å²) >= 11 is 1.12. The second-order valence-corrected chi connectivity index (χ2v) is 7.11. The summed E-state index contributed by atoms with van der Waals surface area (Å²) in [7, 11) is 0. The molecule has 1 atom stereocenters. The molecule has 0 aliphatic heterocycles. The summed E-state index contributed by atoms with van der Waals surface area (Å²) in [5, 5.41) is 4.89. The van der Waals surface area contributed by atoms with Crippen molar-refractivity contribution >= 4 is 29.3 Å². The Hall–Kier alpha value is -2.34. The van der Waals surface area contributed by atoms with E-state index in [1.807, 2.05) is 32.0 Å². The van der Waals surface area contributed by atoms with Crippen molar-refractivity contribution in [2.24, 2.45) is 0 Å². The van der Waals surface area contributed by atoms with Gasteiger partial charge in [-0.25, -0.2) is 4.39 Å². The molecule has 6 heteroatoms. The summed E-state index contributed by atoms with van der Waals surface area (Å²) in [4.78, 5) is 24.6. The van der Waals surface area contributed by atoms with E-state index in [1.165, 1.54) is 6.07 Å². The Morgan fingerprint density at radius 2 is 1.72 bits per heavy atom. The van der Waals surface area contributed by atoms with Crippen LogP contribution in [-0.4, -0.2) is 23.6 Å². The highest BCUT2D eigenvalue weighted by Crippen LogP contribution is 2.25. The molecular weight excluding hydrogens is 339 g/mol. The first-order valence-electron chi connectivity index (χ1n) is 7.93. The molecule has 2 amide bonds. The number of hydrogen-bond acceptors (Lipinski definition) is 3. The van der Waals surface area contributed by atoms with Crippen molar-refractivity contribution in [1.29, 1.82) is 0 Å². The summed E-state index contributed by atoms with van der Waals surface area (Å²) in [5.74, 6) is -0.973. The zero-order valence-electron chi connectivity index (χ0n) is 14.4. The molecule has 132 valence electrons. The van der Waals surface area contributed by atoms with Crippen molar-refractivity contribution in [3.63, 3.8) is 0 Å². The second kappa shape index (κ2) is 8.67. The molecule has 0 aliphatic rings. The Morgan fingerprint density at radius 3 is 2.36 bits per heavy atom. The Bertz CT molecular complexity index is 760. The van der Waals surface area contributed by atoms with Crippen LogP contribution in [0.15, 0.2) is 47.4 Å². The number of benzene rings is 2. The standard InChI is InChI=1S/C19H21FN2O2S/c1-12-7-6-8-13(2)18(12)22-17(23)11-21-19(24)14(3)25-16-10-5-4-9-15(16)20/h4-10,14H,11H2,1-3H3,(H,21,24)(H,22,23). The Balaban J connectivity index is 1.87. The third-order valence-corrected chi connectivity index (χ3v) is 4.83. The summed E-state index contributed by atoms with van der Waals surface area (Å²) in [6, 6.07) is 12.0. The lowest BCUT2D eigenvalue weighted by atomic mass is 10.1. The molecule has 0 radical (unpaired) electrons. The van der Waals surface area contributed by atoms with Crippen LogP contribution in [0.25, 0.3) is 0 Å². The number of rotatable bonds is 6. The van der Waals surface area contributed by atoms with Crippen LogP contribution in [0, 0.1) is 19.7 Å². The first kappa shape index (κ1) is 19.0. The number of carbonyl (C=O) groups excluding carboxylic acids is 2. The molecule has 0 heterocycles. The molecule has 2 aromatic carbocycles. The number of amides is 2. The minimum absolute atomic E-state index is 0.130. The van der Waals surface area contributed by atoms with E-state index in [0.717, 1.165) is 28.6 Å². The van der Waals surface area contributed by atoms with Gasteiger partial charge < -0.3 is 10.6 Å². The fraction of sp³-hybridized carbons (Fsp3) is 0.263. The molecule has 0 spiro atoms. The molecule has 0 saturated heterocycles. The molecule has 0 fully saturated rings. The van der Waals surface area contributed by atoms with Crippen molar-refractivity contribution in [3.05, 3.63) is 59.4 Å². The largest absolute Gasteiger partial charge is 0.346 e. The average molecular weight is 360 g/mol. The maximum Gasteiger partial charge on any atom is 0.243 e. The van der Waals surface area contributed by atoms with Gasteiger partial charge in [0.15, 0.2) is 0 Å². The highest BCUT2D eigenvalue weighted by molar-refractivity contribution is 8.00. The lowest BCUT2D eigenvalue weighted by Crippen LogP contribution is -2.37. The number of aryl methyl sites for hydroxylation is 2. The van der Waals surface area contributed by atoms with Crippen molar-refractivity contribution in [2.75, 3.05) is 11.9 Å². The van der Waals surface area contributed by atoms with Crippen LogP contribution in [-0.2, 0) is 9.59 Å². The van der Waals surface area contributed by atoms with Crippen molar-refractivity contribution in [2.45, 2.75) is 30.9 Å². The van der Waals surface area contributed by atoms with Gasteiger partial charge in [0.25, 0.3) is 0 Å². The van der Waals surface area contributed by atoms with Gasteiger partial charge in [0.2, 0.25) is 11.8 Å². The average Bonchev–Trinajstić information content (AvgIpc) is 2.58. The zero-order valence-corrected chi connectivity index (χ0v) is 15.2. The van der Waals surface area contributed by atoms with Crippen LogP contribution in [0.2, 0.25) is 0 Å². The van der Waals surface area contributed by atoms with Crippen LogP contribution in [0.5, 0.6) is 0 Å². The third kappa shape index (κ3) is 5.32. The third-order valence-electron chi connectivity index (χ3n) is 3.68. The Morgan fingerprint density at radius 1 is 1.08 bits per heavy atom. The molecule has 2 N–H and O–H groups in total. The van der Waals surface area contributed by atoms with Crippen LogP contribution in [0.3, 0.4) is 0 Å². The second-order valence-electron chi connectivity index (χ2n) is 5.72. The van der Waals surface area contributed by atoms with E-state index < -0.39 is 5.25 Å². The summed E-state index contributed by atoms with van der Waals surface area (Å²) in [6.07, 6.45) is 0. The van der Waals surface area contributed by atoms with Crippen LogP contribution in [0.4, 0.5) is 10.1 Å². The molecule has 0 bridgehead atoms. The fourth-order valence-electron chi connectivity index (χ4n) is 2.29. The van der Waals surface area contributed by atoms with Gasteiger partial charge in [0.05, 0.1) is 11.8 Å². The van der Waals surface area contributed by atoms with Gasteiger partial charge in [0, 0.05) is 10.6 Å². The van der Waals surface area contributed by atoms with Gasteiger partial charge >= 0.3 is 0 Å². The van der Waals surface area contributed by atoms with E-state index in [-0.39, 0.29) is 24.2 Å². The number of carbonyl (C=O) groups is 2. The minimum Gasteiger partial charge on any atom is -0.346 e. The number of hydrogen-bond donors (Lipinski definition) is 2. The van der Waals surface area contributed by atoms with Crippen molar-refractivity contribution in [1.82, 2.24) is 5.32 Å². The molecule has 4 nitrogen and oxygen atoms in total. The van der Waals surface area contributed by atoms with Crippen LogP contribution >= 0.6 is 11.8 Å². The van der Waals surface area contributed by atoms with Gasteiger partial charge in [0.1, 0.15) is 5.82 Å².